The summed E-state index contributed by atoms with van der Waals surface area (Å²) in [6.07, 6.45) is -0.608. The molecule has 0 spiro atoms. The van der Waals surface area contributed by atoms with Gasteiger partial charge in [0.2, 0.25) is 11.8 Å². The average Bonchev–Trinajstić information content (AvgIpc) is 2.72. The molecule has 1 aromatic carbocycles. The van der Waals surface area contributed by atoms with E-state index in [9.17, 15) is 19.3 Å². The first-order valence-electron chi connectivity index (χ1n) is 9.96. The van der Waals surface area contributed by atoms with Crippen LogP contribution in [-0.4, -0.2) is 57.2 Å². The van der Waals surface area contributed by atoms with Crippen LogP contribution in [-0.2, 0) is 11.3 Å². The van der Waals surface area contributed by atoms with E-state index in [1.54, 1.807) is 0 Å². The molecule has 1 aliphatic rings. The summed E-state index contributed by atoms with van der Waals surface area (Å²) < 4.78 is 19.6. The molecule has 0 saturated carbocycles. The van der Waals surface area contributed by atoms with Crippen LogP contribution in [0.2, 0.25) is 0 Å². The minimum absolute atomic E-state index is 0.0624. The van der Waals surface area contributed by atoms with Gasteiger partial charge in [-0.2, -0.15) is 4.98 Å². The fourth-order valence-electron chi connectivity index (χ4n) is 3.24. The monoisotopic (exact) mass is 432 g/mol. The summed E-state index contributed by atoms with van der Waals surface area (Å²) >= 11 is 0. The fraction of sp³-hybridized carbons (Fsp3) is 0.450. The Morgan fingerprint density at radius 1 is 1.35 bits per heavy atom. The molecule has 0 unspecified atom stereocenters. The molecule has 166 valence electrons. The number of halogens is 1. The maximum Gasteiger partial charge on any atom is 0.410 e. The molecular formula is C20H25FN6O4. The molecule has 2 N–H and O–H groups in total. The van der Waals surface area contributed by atoms with Crippen LogP contribution in [0.5, 0.6) is 0 Å². The number of carbonyl (C=O) groups excluding carboxylic acids is 1. The van der Waals surface area contributed by atoms with Gasteiger partial charge in [-0.1, -0.05) is 30.3 Å². The molecule has 11 heteroatoms. The number of aromatic nitrogens is 2. The molecule has 2 aromatic rings. The molecule has 31 heavy (non-hydrogen) atoms. The number of piperidine rings is 1. The minimum atomic E-state index is -1.25. The van der Waals surface area contributed by atoms with Gasteiger partial charge in [0, 0.05) is 25.0 Å². The molecule has 1 aromatic heterocycles. The van der Waals surface area contributed by atoms with E-state index in [0.29, 0.717) is 0 Å². The molecule has 1 fully saturated rings. The molecule has 1 aliphatic heterocycles. The number of amides is 1. The second-order valence-electron chi connectivity index (χ2n) is 7.60. The van der Waals surface area contributed by atoms with Crippen molar-refractivity contribution in [2.45, 2.75) is 45.1 Å². The number of hydrogen-bond acceptors (Lipinski definition) is 8. The van der Waals surface area contributed by atoms with Gasteiger partial charge in [0.15, 0.2) is 0 Å². The Morgan fingerprint density at radius 2 is 2.10 bits per heavy atom. The third-order valence-electron chi connectivity index (χ3n) is 4.59. The van der Waals surface area contributed by atoms with Gasteiger partial charge >= 0.3 is 11.8 Å². The molecule has 1 amide bonds. The Balaban J connectivity index is 1.64. The Bertz CT molecular complexity index is 914. The van der Waals surface area contributed by atoms with Gasteiger partial charge in [-0.15, -0.1) is 0 Å². The molecule has 0 radical (unpaired) electrons. The molecule has 0 bridgehead atoms. The number of likely N-dealkylation sites (tertiary alicyclic amines) is 1. The van der Waals surface area contributed by atoms with E-state index in [1.165, 1.54) is 4.90 Å². The number of rotatable bonds is 7. The van der Waals surface area contributed by atoms with Gasteiger partial charge in [0.1, 0.15) is 19.0 Å². The van der Waals surface area contributed by atoms with Crippen LogP contribution in [0.15, 0.2) is 36.5 Å². The highest BCUT2D eigenvalue weighted by Gasteiger charge is 2.31. The Labute approximate surface area is 179 Å². The largest absolute Gasteiger partial charge is 0.445 e. The Kier molecular flexibility index (Phi) is 7.16. The highest BCUT2D eigenvalue weighted by Crippen LogP contribution is 2.24. The summed E-state index contributed by atoms with van der Waals surface area (Å²) in [4.78, 5) is 32.5. The maximum atomic E-state index is 14.3. The summed E-state index contributed by atoms with van der Waals surface area (Å²) in [7, 11) is 0. The van der Waals surface area contributed by atoms with E-state index in [-0.39, 0.29) is 49.6 Å². The smallest absolute Gasteiger partial charge is 0.410 e. The predicted molar refractivity (Wildman–Crippen MR) is 113 cm³/mol. The van der Waals surface area contributed by atoms with Gasteiger partial charge in [0.05, 0.1) is 11.5 Å². The number of benzene rings is 1. The summed E-state index contributed by atoms with van der Waals surface area (Å²) in [6, 6.07) is 8.66. The van der Waals surface area contributed by atoms with E-state index in [2.05, 4.69) is 20.6 Å². The van der Waals surface area contributed by atoms with Gasteiger partial charge in [0.25, 0.3) is 0 Å². The van der Waals surface area contributed by atoms with Crippen molar-refractivity contribution < 1.29 is 18.8 Å². The van der Waals surface area contributed by atoms with Crippen molar-refractivity contribution >= 4 is 23.5 Å². The van der Waals surface area contributed by atoms with Gasteiger partial charge in [-0.3, -0.25) is 10.1 Å². The molecule has 10 nitrogen and oxygen atoms in total. The summed E-state index contributed by atoms with van der Waals surface area (Å²) in [6.45, 7) is 3.88. The highest BCUT2D eigenvalue weighted by molar-refractivity contribution is 5.68. The number of nitrogens with zero attached hydrogens (tertiary/aromatic N) is 4. The number of carbonyl (C=O) groups is 1. The zero-order chi connectivity index (χ0) is 22.4. The molecule has 2 heterocycles. The lowest BCUT2D eigenvalue weighted by Crippen LogP contribution is -2.50. The van der Waals surface area contributed by atoms with E-state index >= 15 is 0 Å². The van der Waals surface area contributed by atoms with Crippen molar-refractivity contribution in [2.24, 2.45) is 0 Å². The molecular weight excluding hydrogens is 407 g/mol. The maximum absolute atomic E-state index is 14.3. The lowest BCUT2D eigenvalue weighted by atomic mass is 10.0. The van der Waals surface area contributed by atoms with Crippen LogP contribution in [0, 0.1) is 10.1 Å². The van der Waals surface area contributed by atoms with Crippen molar-refractivity contribution in [3.8, 4) is 0 Å². The quantitative estimate of drug-likeness (QED) is 0.504. The zero-order valence-corrected chi connectivity index (χ0v) is 17.3. The van der Waals surface area contributed by atoms with Crippen LogP contribution in [0.3, 0.4) is 0 Å². The summed E-state index contributed by atoms with van der Waals surface area (Å²) in [5.74, 6) is 0.190. The number of alkyl halides is 1. The number of nitrogens with one attached hydrogen (secondary N) is 2. The molecule has 1 saturated heterocycles. The van der Waals surface area contributed by atoms with E-state index in [1.807, 2.05) is 44.2 Å². The van der Waals surface area contributed by atoms with Crippen molar-refractivity contribution in [3.05, 3.63) is 52.2 Å². The number of hydrogen-bond donors (Lipinski definition) is 2. The molecule has 3 rings (SSSR count). The van der Waals surface area contributed by atoms with Crippen LogP contribution in [0.4, 0.5) is 26.6 Å². The van der Waals surface area contributed by atoms with Crippen molar-refractivity contribution in [2.75, 3.05) is 23.7 Å². The van der Waals surface area contributed by atoms with Crippen molar-refractivity contribution in [1.82, 2.24) is 14.9 Å². The predicted octanol–water partition coefficient (Wildman–Crippen LogP) is 3.37. The normalized spacial score (nSPS) is 18.5. The van der Waals surface area contributed by atoms with Crippen LogP contribution in [0.25, 0.3) is 0 Å². The zero-order valence-electron chi connectivity index (χ0n) is 17.3. The van der Waals surface area contributed by atoms with Crippen LogP contribution >= 0.6 is 0 Å². The lowest BCUT2D eigenvalue weighted by molar-refractivity contribution is -0.384. The number of ether oxygens (including phenoxy) is 1. The van der Waals surface area contributed by atoms with Gasteiger partial charge in [-0.25, -0.2) is 14.2 Å². The topological polar surface area (TPSA) is 123 Å². The third kappa shape index (κ3) is 6.24. The first-order chi connectivity index (χ1) is 14.8. The fourth-order valence-corrected chi connectivity index (χ4v) is 3.24. The van der Waals surface area contributed by atoms with Gasteiger partial charge in [-0.05, 0) is 19.4 Å². The Morgan fingerprint density at radius 3 is 2.77 bits per heavy atom. The summed E-state index contributed by atoms with van der Waals surface area (Å²) in [5.41, 5.74) is 0.584. The second kappa shape index (κ2) is 10.0. The molecule has 0 aliphatic carbocycles. The van der Waals surface area contributed by atoms with Gasteiger partial charge < -0.3 is 20.3 Å². The van der Waals surface area contributed by atoms with E-state index in [4.69, 9.17) is 4.74 Å². The first kappa shape index (κ1) is 22.2. The van der Waals surface area contributed by atoms with Crippen molar-refractivity contribution in [3.63, 3.8) is 0 Å². The van der Waals surface area contributed by atoms with Crippen LogP contribution in [0.1, 0.15) is 25.8 Å². The Hall–Kier alpha value is -3.50. The minimum Gasteiger partial charge on any atom is -0.445 e. The summed E-state index contributed by atoms with van der Waals surface area (Å²) in [5, 5.41) is 17.1. The SMILES string of the molecule is CC(C)Nc1nc(N[C@H]2C[C@H](F)CN(C(=O)OCc3ccccc3)C2)ncc1[N+](=O)[O-]. The van der Waals surface area contributed by atoms with E-state index < -0.39 is 23.2 Å². The number of anilines is 2. The first-order valence-corrected chi connectivity index (χ1v) is 9.96. The average molecular weight is 432 g/mol. The third-order valence-corrected chi connectivity index (χ3v) is 4.59. The van der Waals surface area contributed by atoms with Crippen molar-refractivity contribution in [1.29, 1.82) is 0 Å². The second-order valence-corrected chi connectivity index (χ2v) is 7.60. The lowest BCUT2D eigenvalue weighted by Gasteiger charge is -2.34. The number of nitro groups is 1. The van der Waals surface area contributed by atoms with Crippen LogP contribution < -0.4 is 10.6 Å². The standard InChI is InChI=1S/C20H25FN6O4/c1-13(2)23-18-17(27(29)30)9-22-19(25-18)24-16-8-15(21)10-26(11-16)20(28)31-12-14-6-4-3-5-7-14/h3-7,9,13,15-16H,8,10-12H2,1-2H3,(H2,22,23,24,25)/t15-,16-/m0/s1. The van der Waals surface area contributed by atoms with E-state index in [0.717, 1.165) is 11.8 Å². The highest BCUT2D eigenvalue weighted by atomic mass is 19.1. The molecule has 2 atom stereocenters.